The van der Waals surface area contributed by atoms with Gasteiger partial charge in [-0.2, -0.15) is 0 Å². The second kappa shape index (κ2) is 8.75. The number of nitrogens with one attached hydrogen (secondary N) is 2. The molecule has 1 aliphatic heterocycles. The van der Waals surface area contributed by atoms with Crippen LogP contribution in [0.1, 0.15) is 44.1 Å². The number of hydrogen-bond donors (Lipinski definition) is 2. The highest BCUT2D eigenvalue weighted by atomic mass is 32.2. The van der Waals surface area contributed by atoms with Gasteiger partial charge >= 0.3 is 0 Å². The fraction of sp³-hybridized carbons (Fsp3) is 0.632. The van der Waals surface area contributed by atoms with Gasteiger partial charge in [0.25, 0.3) is 0 Å². The van der Waals surface area contributed by atoms with Crippen molar-refractivity contribution >= 4 is 15.8 Å². The van der Waals surface area contributed by atoms with Gasteiger partial charge in [-0.15, -0.1) is 0 Å². The SMILES string of the molecule is CN=C(NCc1ccc(OC2CCCCC2)cc1)NC1CCS(=O)(=O)C1. The number of rotatable bonds is 5. The molecule has 0 amide bonds. The van der Waals surface area contributed by atoms with E-state index in [4.69, 9.17) is 4.74 Å². The summed E-state index contributed by atoms with van der Waals surface area (Å²) in [6, 6.07) is 8.09. The predicted molar refractivity (Wildman–Crippen MR) is 104 cm³/mol. The Morgan fingerprint density at radius 1 is 1.15 bits per heavy atom. The van der Waals surface area contributed by atoms with Crippen LogP contribution in [-0.2, 0) is 16.4 Å². The van der Waals surface area contributed by atoms with Gasteiger partial charge in [-0.05, 0) is 49.8 Å². The van der Waals surface area contributed by atoms with Crippen LogP contribution in [-0.4, -0.2) is 45.1 Å². The van der Waals surface area contributed by atoms with Gasteiger partial charge in [0.05, 0.1) is 17.6 Å². The molecule has 0 bridgehead atoms. The summed E-state index contributed by atoms with van der Waals surface area (Å²) in [5.74, 6) is 2.00. The molecule has 0 radical (unpaired) electrons. The first kappa shape index (κ1) is 19.0. The Morgan fingerprint density at radius 2 is 1.88 bits per heavy atom. The molecule has 26 heavy (non-hydrogen) atoms. The van der Waals surface area contributed by atoms with E-state index in [9.17, 15) is 8.42 Å². The summed E-state index contributed by atoms with van der Waals surface area (Å²) < 4.78 is 29.2. The van der Waals surface area contributed by atoms with E-state index < -0.39 is 9.84 Å². The maximum absolute atomic E-state index is 11.6. The summed E-state index contributed by atoms with van der Waals surface area (Å²) in [6.45, 7) is 0.628. The summed E-state index contributed by atoms with van der Waals surface area (Å²) in [7, 11) is -1.20. The van der Waals surface area contributed by atoms with Crippen LogP contribution in [0.5, 0.6) is 5.75 Å². The molecule has 1 atom stereocenters. The van der Waals surface area contributed by atoms with Crippen LogP contribution in [0.15, 0.2) is 29.3 Å². The molecule has 1 unspecified atom stereocenters. The number of ether oxygens (including phenoxy) is 1. The van der Waals surface area contributed by atoms with Gasteiger partial charge in [0.15, 0.2) is 15.8 Å². The third-order valence-electron chi connectivity index (χ3n) is 5.04. The maximum atomic E-state index is 11.6. The zero-order valence-corrected chi connectivity index (χ0v) is 16.2. The third-order valence-corrected chi connectivity index (χ3v) is 6.80. The molecule has 7 heteroatoms. The smallest absolute Gasteiger partial charge is 0.191 e. The van der Waals surface area contributed by atoms with Crippen LogP contribution in [0.3, 0.4) is 0 Å². The van der Waals surface area contributed by atoms with Gasteiger partial charge in [0.2, 0.25) is 0 Å². The minimum absolute atomic E-state index is 0.0579. The van der Waals surface area contributed by atoms with Crippen molar-refractivity contribution in [2.75, 3.05) is 18.6 Å². The fourth-order valence-electron chi connectivity index (χ4n) is 3.54. The van der Waals surface area contributed by atoms with Crippen molar-refractivity contribution in [2.45, 2.75) is 57.2 Å². The molecule has 3 rings (SSSR count). The molecule has 6 nitrogen and oxygen atoms in total. The molecule has 1 aromatic carbocycles. The van der Waals surface area contributed by atoms with Crippen LogP contribution in [0.2, 0.25) is 0 Å². The Labute approximate surface area is 156 Å². The lowest BCUT2D eigenvalue weighted by atomic mass is 9.98. The van der Waals surface area contributed by atoms with Gasteiger partial charge in [-0.3, -0.25) is 4.99 Å². The van der Waals surface area contributed by atoms with E-state index in [0.717, 1.165) is 24.2 Å². The first-order chi connectivity index (χ1) is 12.5. The minimum Gasteiger partial charge on any atom is -0.490 e. The molecule has 1 heterocycles. The molecule has 1 aromatic rings. The molecular weight excluding hydrogens is 350 g/mol. The minimum atomic E-state index is -2.89. The van der Waals surface area contributed by atoms with E-state index in [1.54, 1.807) is 7.05 Å². The Morgan fingerprint density at radius 3 is 2.50 bits per heavy atom. The average Bonchev–Trinajstić information content (AvgIpc) is 2.99. The Balaban J connectivity index is 1.46. The number of aliphatic imine (C=N–C) groups is 1. The third kappa shape index (κ3) is 5.62. The molecule has 2 N–H and O–H groups in total. The van der Waals surface area contributed by atoms with E-state index in [2.05, 4.69) is 27.8 Å². The van der Waals surface area contributed by atoms with E-state index in [1.807, 2.05) is 12.1 Å². The molecule has 1 saturated heterocycles. The molecule has 0 spiro atoms. The second-order valence-corrected chi connectivity index (χ2v) is 9.42. The largest absolute Gasteiger partial charge is 0.490 e. The van der Waals surface area contributed by atoms with E-state index in [1.165, 1.54) is 19.3 Å². The van der Waals surface area contributed by atoms with Crippen molar-refractivity contribution in [1.29, 1.82) is 0 Å². The van der Waals surface area contributed by atoms with E-state index in [0.29, 0.717) is 25.0 Å². The predicted octanol–water partition coefficient (Wildman–Crippen LogP) is 2.25. The zero-order chi connectivity index (χ0) is 18.4. The number of nitrogens with zero attached hydrogens (tertiary/aromatic N) is 1. The van der Waals surface area contributed by atoms with Crippen molar-refractivity contribution < 1.29 is 13.2 Å². The summed E-state index contributed by atoms with van der Waals surface area (Å²) >= 11 is 0. The number of guanidine groups is 1. The Kier molecular flexibility index (Phi) is 6.40. The lowest BCUT2D eigenvalue weighted by Gasteiger charge is -2.23. The molecule has 2 fully saturated rings. The van der Waals surface area contributed by atoms with Crippen molar-refractivity contribution in [2.24, 2.45) is 4.99 Å². The van der Waals surface area contributed by atoms with E-state index in [-0.39, 0.29) is 17.5 Å². The molecule has 1 saturated carbocycles. The molecule has 2 aliphatic rings. The highest BCUT2D eigenvalue weighted by Crippen LogP contribution is 2.23. The summed E-state index contributed by atoms with van der Waals surface area (Å²) in [5.41, 5.74) is 1.13. The van der Waals surface area contributed by atoms with Gasteiger partial charge in [0.1, 0.15) is 5.75 Å². The van der Waals surface area contributed by atoms with Gasteiger partial charge in [-0.25, -0.2) is 8.42 Å². The molecule has 0 aromatic heterocycles. The number of benzene rings is 1. The summed E-state index contributed by atoms with van der Waals surface area (Å²) in [5, 5.41) is 6.44. The number of sulfone groups is 1. The summed E-state index contributed by atoms with van der Waals surface area (Å²) in [4.78, 5) is 4.18. The highest BCUT2D eigenvalue weighted by Gasteiger charge is 2.28. The van der Waals surface area contributed by atoms with Crippen molar-refractivity contribution in [1.82, 2.24) is 10.6 Å². The van der Waals surface area contributed by atoms with Gasteiger partial charge in [-0.1, -0.05) is 18.6 Å². The van der Waals surface area contributed by atoms with Crippen LogP contribution in [0.4, 0.5) is 0 Å². The monoisotopic (exact) mass is 379 g/mol. The lowest BCUT2D eigenvalue weighted by Crippen LogP contribution is -2.43. The van der Waals surface area contributed by atoms with Gasteiger partial charge in [0, 0.05) is 19.6 Å². The van der Waals surface area contributed by atoms with Crippen molar-refractivity contribution in [3.05, 3.63) is 29.8 Å². The highest BCUT2D eigenvalue weighted by molar-refractivity contribution is 7.91. The normalized spacial score (nSPS) is 23.6. The molecule has 144 valence electrons. The number of hydrogen-bond acceptors (Lipinski definition) is 4. The summed E-state index contributed by atoms with van der Waals surface area (Å²) in [6.07, 6.45) is 7.16. The second-order valence-electron chi connectivity index (χ2n) is 7.19. The zero-order valence-electron chi connectivity index (χ0n) is 15.4. The molecule has 1 aliphatic carbocycles. The Bertz CT molecular complexity index is 710. The van der Waals surface area contributed by atoms with Gasteiger partial charge < -0.3 is 15.4 Å². The van der Waals surface area contributed by atoms with Crippen molar-refractivity contribution in [3.63, 3.8) is 0 Å². The molecular formula is C19H29N3O3S. The van der Waals surface area contributed by atoms with Crippen LogP contribution in [0.25, 0.3) is 0 Å². The van der Waals surface area contributed by atoms with Crippen LogP contribution < -0.4 is 15.4 Å². The van der Waals surface area contributed by atoms with Crippen LogP contribution in [0, 0.1) is 0 Å². The van der Waals surface area contributed by atoms with E-state index >= 15 is 0 Å². The fourth-order valence-corrected chi connectivity index (χ4v) is 5.22. The maximum Gasteiger partial charge on any atom is 0.191 e. The first-order valence-corrected chi connectivity index (χ1v) is 11.3. The Hall–Kier alpha value is -1.76. The quantitative estimate of drug-likeness (QED) is 0.606. The standard InChI is InChI=1S/C19H29N3O3S/c1-20-19(22-16-11-12-26(23,24)14-16)21-13-15-7-9-18(10-8-15)25-17-5-3-2-4-6-17/h7-10,16-17H,2-6,11-14H2,1H3,(H2,20,21,22). The average molecular weight is 380 g/mol. The van der Waals surface area contributed by atoms with Crippen molar-refractivity contribution in [3.8, 4) is 5.75 Å². The lowest BCUT2D eigenvalue weighted by molar-refractivity contribution is 0.155. The topological polar surface area (TPSA) is 79.8 Å². The van der Waals surface area contributed by atoms with Crippen LogP contribution >= 0.6 is 0 Å². The first-order valence-electron chi connectivity index (χ1n) is 9.47.